The Labute approximate surface area is 166 Å². The molecule has 0 aliphatic rings. The van der Waals surface area contributed by atoms with Crippen molar-refractivity contribution in [1.82, 2.24) is 19.7 Å². The fraction of sp³-hybridized carbons (Fsp3) is 0.412. The lowest BCUT2D eigenvalue weighted by Crippen LogP contribution is -2.33. The molecule has 0 aliphatic carbocycles. The van der Waals surface area contributed by atoms with E-state index in [2.05, 4.69) is 25.0 Å². The fourth-order valence-electron chi connectivity index (χ4n) is 2.30. The number of ketones is 1. The third-order valence-corrected chi connectivity index (χ3v) is 5.02. The zero-order chi connectivity index (χ0) is 21.3. The van der Waals surface area contributed by atoms with Gasteiger partial charge in [0, 0.05) is 44.5 Å². The molecule has 0 fully saturated rings. The molecule has 0 atom stereocenters. The number of sulfonamides is 1. The quantitative estimate of drug-likeness (QED) is 0.522. The Morgan fingerprint density at radius 1 is 1.07 bits per heavy atom. The second kappa shape index (κ2) is 10.3. The van der Waals surface area contributed by atoms with Crippen molar-refractivity contribution < 1.29 is 26.4 Å². The minimum absolute atomic E-state index is 0.0455. The van der Waals surface area contributed by atoms with Crippen LogP contribution in [0.3, 0.4) is 0 Å². The summed E-state index contributed by atoms with van der Waals surface area (Å²) in [5.74, 6) is -0.298. The lowest BCUT2D eigenvalue weighted by atomic mass is 10.2. The Morgan fingerprint density at radius 2 is 1.79 bits per heavy atom. The van der Waals surface area contributed by atoms with Crippen molar-refractivity contribution in [3.63, 3.8) is 0 Å². The number of hydrogen-bond donors (Lipinski definition) is 2. The summed E-state index contributed by atoms with van der Waals surface area (Å²) in [5.41, 5.74) is -0.874. The molecule has 2 rings (SSSR count). The number of anilines is 1. The van der Waals surface area contributed by atoms with Gasteiger partial charge in [-0.2, -0.15) is 13.2 Å². The van der Waals surface area contributed by atoms with E-state index in [1.165, 1.54) is 0 Å². The maximum atomic E-state index is 12.5. The van der Waals surface area contributed by atoms with Crippen LogP contribution in [-0.4, -0.2) is 48.0 Å². The van der Waals surface area contributed by atoms with Crippen molar-refractivity contribution >= 4 is 21.6 Å². The van der Waals surface area contributed by atoms with Crippen LogP contribution in [0.15, 0.2) is 36.8 Å². The maximum Gasteiger partial charge on any atom is 0.417 e. The molecule has 0 amide bonds. The number of nitrogens with zero attached hydrogens (tertiary/aromatic N) is 3. The molecule has 2 N–H and O–H groups in total. The van der Waals surface area contributed by atoms with E-state index >= 15 is 0 Å². The average Bonchev–Trinajstić information content (AvgIpc) is 2.65. The summed E-state index contributed by atoms with van der Waals surface area (Å²) in [4.78, 5) is 23.5. The summed E-state index contributed by atoms with van der Waals surface area (Å²) in [6.07, 6.45) is 0.406. The Balaban J connectivity index is 1.66. The molecule has 0 saturated heterocycles. The molecule has 12 heteroatoms. The third-order valence-electron chi connectivity index (χ3n) is 3.67. The van der Waals surface area contributed by atoms with Gasteiger partial charge in [0.25, 0.3) is 0 Å². The van der Waals surface area contributed by atoms with E-state index in [1.54, 1.807) is 18.5 Å². The average molecular weight is 431 g/mol. The highest BCUT2D eigenvalue weighted by atomic mass is 32.2. The van der Waals surface area contributed by atoms with Gasteiger partial charge >= 0.3 is 6.18 Å². The number of hydrogen-bond acceptors (Lipinski definition) is 7. The third kappa shape index (κ3) is 8.52. The van der Waals surface area contributed by atoms with E-state index < -0.39 is 33.3 Å². The Hall–Kier alpha value is -2.60. The highest BCUT2D eigenvalue weighted by Gasteiger charge is 2.30. The highest BCUT2D eigenvalue weighted by Crippen LogP contribution is 2.28. The molecule has 8 nitrogen and oxygen atoms in total. The minimum atomic E-state index is -4.47. The summed E-state index contributed by atoms with van der Waals surface area (Å²) < 4.78 is 63.5. The van der Waals surface area contributed by atoms with Gasteiger partial charge in [-0.15, -0.1) is 0 Å². The topological polar surface area (TPSA) is 114 Å². The lowest BCUT2D eigenvalue weighted by Gasteiger charge is -2.09. The zero-order valence-corrected chi connectivity index (χ0v) is 16.1. The number of aryl methyl sites for hydroxylation is 1. The number of rotatable bonds is 11. The van der Waals surface area contributed by atoms with Crippen LogP contribution < -0.4 is 10.0 Å². The molecule has 2 aromatic rings. The number of Topliss-reactive ketones (excluding diaryl/α,β-unsaturated/α-hetero) is 1. The SMILES string of the molecule is O=C(CCCc1ncccn1)CS(=O)(=O)NCCNc1ccc(C(F)(F)F)cn1. The summed E-state index contributed by atoms with van der Waals surface area (Å²) >= 11 is 0. The summed E-state index contributed by atoms with van der Waals surface area (Å²) in [6.45, 7) is 0.0489. The summed E-state index contributed by atoms with van der Waals surface area (Å²) in [7, 11) is -3.80. The van der Waals surface area contributed by atoms with Gasteiger partial charge in [-0.1, -0.05) is 0 Å². The number of nitrogens with one attached hydrogen (secondary N) is 2. The van der Waals surface area contributed by atoms with E-state index in [0.717, 1.165) is 12.1 Å². The van der Waals surface area contributed by atoms with Gasteiger partial charge in [0.1, 0.15) is 23.2 Å². The van der Waals surface area contributed by atoms with Crippen molar-refractivity contribution in [2.24, 2.45) is 0 Å². The molecular weight excluding hydrogens is 411 g/mol. The lowest BCUT2D eigenvalue weighted by molar-refractivity contribution is -0.137. The maximum absolute atomic E-state index is 12.5. The molecular formula is C17H20F3N5O3S. The van der Waals surface area contributed by atoms with Gasteiger partial charge in [-0.05, 0) is 24.6 Å². The predicted octanol–water partition coefficient (Wildman–Crippen LogP) is 1.81. The number of carbonyl (C=O) groups is 1. The van der Waals surface area contributed by atoms with Crippen LogP contribution in [0.2, 0.25) is 0 Å². The molecule has 29 heavy (non-hydrogen) atoms. The van der Waals surface area contributed by atoms with E-state index in [9.17, 15) is 26.4 Å². The molecule has 0 unspecified atom stereocenters. The molecule has 0 radical (unpaired) electrons. The van der Waals surface area contributed by atoms with E-state index in [1.807, 2.05) is 0 Å². The molecule has 0 aromatic carbocycles. The van der Waals surface area contributed by atoms with Crippen LogP contribution in [0.4, 0.5) is 19.0 Å². The largest absolute Gasteiger partial charge is 0.417 e. The smallest absolute Gasteiger partial charge is 0.369 e. The molecule has 0 spiro atoms. The number of carbonyl (C=O) groups excluding carboxylic acids is 1. The molecule has 0 saturated carbocycles. The number of alkyl halides is 3. The van der Waals surface area contributed by atoms with Crippen LogP contribution in [0.1, 0.15) is 24.2 Å². The first-order chi connectivity index (χ1) is 13.7. The fourth-order valence-corrected chi connectivity index (χ4v) is 3.38. The molecule has 0 bridgehead atoms. The van der Waals surface area contributed by atoms with Crippen molar-refractivity contribution in [2.45, 2.75) is 25.4 Å². The first kappa shape index (κ1) is 22.7. The Morgan fingerprint density at radius 3 is 2.41 bits per heavy atom. The number of aromatic nitrogens is 3. The van der Waals surface area contributed by atoms with Crippen molar-refractivity contribution in [3.8, 4) is 0 Å². The molecule has 158 valence electrons. The van der Waals surface area contributed by atoms with Crippen molar-refractivity contribution in [2.75, 3.05) is 24.2 Å². The van der Waals surface area contributed by atoms with Crippen LogP contribution in [-0.2, 0) is 27.4 Å². The van der Waals surface area contributed by atoms with Crippen LogP contribution in [0, 0.1) is 0 Å². The Kier molecular flexibility index (Phi) is 8.02. The van der Waals surface area contributed by atoms with Gasteiger partial charge in [0.05, 0.1) is 5.56 Å². The standard InChI is InChI=1S/C17H20F3N5O3S/c18-17(19,20)13-5-6-16(24-11-13)23-9-10-25-29(27,28)12-14(26)3-1-4-15-21-7-2-8-22-15/h2,5-8,11,25H,1,3-4,9-10,12H2,(H,23,24). The Bertz CT molecular complexity index is 891. The number of halogens is 3. The zero-order valence-electron chi connectivity index (χ0n) is 15.3. The van der Waals surface area contributed by atoms with Crippen LogP contribution in [0.25, 0.3) is 0 Å². The van der Waals surface area contributed by atoms with E-state index in [4.69, 9.17) is 0 Å². The highest BCUT2D eigenvalue weighted by molar-refractivity contribution is 7.90. The molecule has 2 aromatic heterocycles. The van der Waals surface area contributed by atoms with Crippen LogP contribution >= 0.6 is 0 Å². The minimum Gasteiger partial charge on any atom is -0.369 e. The van der Waals surface area contributed by atoms with Gasteiger partial charge < -0.3 is 5.32 Å². The van der Waals surface area contributed by atoms with Gasteiger partial charge in [0.2, 0.25) is 10.0 Å². The van der Waals surface area contributed by atoms with Gasteiger partial charge in [-0.3, -0.25) is 4.79 Å². The van der Waals surface area contributed by atoms with Gasteiger partial charge in [-0.25, -0.2) is 28.1 Å². The van der Waals surface area contributed by atoms with Crippen molar-refractivity contribution in [1.29, 1.82) is 0 Å². The predicted molar refractivity (Wildman–Crippen MR) is 99.5 cm³/mol. The summed E-state index contributed by atoms with van der Waals surface area (Å²) in [5, 5.41) is 2.70. The second-order valence-corrected chi connectivity index (χ2v) is 7.87. The van der Waals surface area contributed by atoms with Gasteiger partial charge in [0.15, 0.2) is 0 Å². The van der Waals surface area contributed by atoms with E-state index in [-0.39, 0.29) is 25.3 Å². The first-order valence-electron chi connectivity index (χ1n) is 8.68. The summed E-state index contributed by atoms with van der Waals surface area (Å²) in [6, 6.07) is 3.70. The normalized spacial score (nSPS) is 12.0. The second-order valence-electron chi connectivity index (χ2n) is 6.07. The molecule has 0 aliphatic heterocycles. The number of pyridine rings is 1. The monoisotopic (exact) mass is 431 g/mol. The van der Waals surface area contributed by atoms with Crippen molar-refractivity contribution in [3.05, 3.63) is 48.2 Å². The molecule has 2 heterocycles. The first-order valence-corrected chi connectivity index (χ1v) is 10.3. The van der Waals surface area contributed by atoms with E-state index in [0.29, 0.717) is 24.9 Å². The van der Waals surface area contributed by atoms with Crippen LogP contribution in [0.5, 0.6) is 0 Å².